The fraction of sp³-hybridized carbons (Fsp3) is 0.500. The summed E-state index contributed by atoms with van der Waals surface area (Å²) in [4.78, 5) is 29.8. The fourth-order valence-electron chi connectivity index (χ4n) is 2.18. The molecule has 1 fully saturated rings. The molecule has 0 atom stereocenters. The van der Waals surface area contributed by atoms with E-state index in [1.54, 1.807) is 17.0 Å². The molecule has 18 heavy (non-hydrogen) atoms. The van der Waals surface area contributed by atoms with Crippen LogP contribution in [0.25, 0.3) is 0 Å². The lowest BCUT2D eigenvalue weighted by Crippen LogP contribution is -2.36. The number of likely N-dealkylation sites (tertiary alicyclic amines) is 1. The molecule has 0 saturated carbocycles. The second-order valence-electron chi connectivity index (χ2n) is 4.71. The van der Waals surface area contributed by atoms with Crippen molar-refractivity contribution in [2.24, 2.45) is 0 Å². The molecule has 2 heterocycles. The maximum atomic E-state index is 11.9. The van der Waals surface area contributed by atoms with Crippen molar-refractivity contribution in [2.45, 2.75) is 32.6 Å². The Labute approximate surface area is 107 Å². The third-order valence-electron chi connectivity index (χ3n) is 3.19. The zero-order valence-corrected chi connectivity index (χ0v) is 10.7. The number of piperidine rings is 1. The minimum absolute atomic E-state index is 0.0591. The van der Waals surface area contributed by atoms with Gasteiger partial charge in [-0.05, 0) is 38.3 Å². The molecule has 0 radical (unpaired) electrons. The topological polar surface area (TPSA) is 50.3 Å². The predicted octanol–water partition coefficient (Wildman–Crippen LogP) is 1.98. The molecule has 0 spiro atoms. The highest BCUT2D eigenvalue weighted by molar-refractivity contribution is 6.06. The Kier molecular flexibility index (Phi) is 4.07. The molecule has 1 aromatic heterocycles. The SMILES string of the molecule is Cc1cccc(C(=O)CC(=O)N2CCCCC2)n1. The molecule has 0 unspecified atom stereocenters. The lowest BCUT2D eigenvalue weighted by Gasteiger charge is -2.26. The van der Waals surface area contributed by atoms with Gasteiger partial charge in [-0.2, -0.15) is 0 Å². The van der Waals surface area contributed by atoms with Crippen molar-refractivity contribution in [3.8, 4) is 0 Å². The minimum Gasteiger partial charge on any atom is -0.342 e. The van der Waals surface area contributed by atoms with Crippen LogP contribution in [0.2, 0.25) is 0 Å². The van der Waals surface area contributed by atoms with E-state index in [0.717, 1.165) is 31.6 Å². The number of Topliss-reactive ketones (excluding diaryl/α,β-unsaturated/α-hetero) is 1. The van der Waals surface area contributed by atoms with E-state index in [0.29, 0.717) is 5.69 Å². The van der Waals surface area contributed by atoms with Crippen molar-refractivity contribution in [2.75, 3.05) is 13.1 Å². The number of ketones is 1. The van der Waals surface area contributed by atoms with Gasteiger partial charge in [0.2, 0.25) is 5.91 Å². The molecule has 0 aromatic carbocycles. The molecular weight excluding hydrogens is 228 g/mol. The number of pyridine rings is 1. The van der Waals surface area contributed by atoms with E-state index in [9.17, 15) is 9.59 Å². The monoisotopic (exact) mass is 246 g/mol. The highest BCUT2D eigenvalue weighted by atomic mass is 16.2. The molecule has 0 bridgehead atoms. The Balaban J connectivity index is 1.96. The average molecular weight is 246 g/mol. The maximum absolute atomic E-state index is 11.9. The highest BCUT2D eigenvalue weighted by Crippen LogP contribution is 2.11. The summed E-state index contributed by atoms with van der Waals surface area (Å²) in [7, 11) is 0. The third kappa shape index (κ3) is 3.15. The summed E-state index contributed by atoms with van der Waals surface area (Å²) in [5, 5.41) is 0. The van der Waals surface area contributed by atoms with Crippen LogP contribution >= 0.6 is 0 Å². The van der Waals surface area contributed by atoms with Gasteiger partial charge in [-0.25, -0.2) is 0 Å². The van der Waals surface area contributed by atoms with Crippen LogP contribution in [0.15, 0.2) is 18.2 Å². The molecule has 0 N–H and O–H groups in total. The molecule has 1 aromatic rings. The van der Waals surface area contributed by atoms with Crippen molar-refractivity contribution in [3.63, 3.8) is 0 Å². The van der Waals surface area contributed by atoms with Crippen LogP contribution in [0.5, 0.6) is 0 Å². The molecule has 1 amide bonds. The van der Waals surface area contributed by atoms with Crippen molar-refractivity contribution in [3.05, 3.63) is 29.6 Å². The Morgan fingerprint density at radius 1 is 1.22 bits per heavy atom. The zero-order chi connectivity index (χ0) is 13.0. The lowest BCUT2D eigenvalue weighted by atomic mass is 10.1. The number of hydrogen-bond acceptors (Lipinski definition) is 3. The van der Waals surface area contributed by atoms with Crippen LogP contribution < -0.4 is 0 Å². The van der Waals surface area contributed by atoms with Gasteiger partial charge in [0.1, 0.15) is 5.69 Å². The Hall–Kier alpha value is -1.71. The van der Waals surface area contributed by atoms with Crippen LogP contribution in [-0.2, 0) is 4.79 Å². The predicted molar refractivity (Wildman–Crippen MR) is 68.4 cm³/mol. The van der Waals surface area contributed by atoms with E-state index in [2.05, 4.69) is 4.98 Å². The Morgan fingerprint density at radius 3 is 2.61 bits per heavy atom. The summed E-state index contributed by atoms with van der Waals surface area (Å²) in [6.07, 6.45) is 3.21. The number of aromatic nitrogens is 1. The third-order valence-corrected chi connectivity index (χ3v) is 3.19. The summed E-state index contributed by atoms with van der Waals surface area (Å²) in [6, 6.07) is 5.29. The van der Waals surface area contributed by atoms with E-state index in [1.165, 1.54) is 6.42 Å². The molecule has 0 aliphatic carbocycles. The molecule has 96 valence electrons. The number of amides is 1. The van der Waals surface area contributed by atoms with Gasteiger partial charge in [0, 0.05) is 18.8 Å². The van der Waals surface area contributed by atoms with E-state index in [4.69, 9.17) is 0 Å². The Bertz CT molecular complexity index is 451. The van der Waals surface area contributed by atoms with Gasteiger partial charge in [0.25, 0.3) is 0 Å². The first-order valence-corrected chi connectivity index (χ1v) is 6.41. The quantitative estimate of drug-likeness (QED) is 0.605. The molecule has 4 nitrogen and oxygen atoms in total. The number of nitrogens with zero attached hydrogens (tertiary/aromatic N) is 2. The molecule has 2 rings (SSSR count). The van der Waals surface area contributed by atoms with Gasteiger partial charge >= 0.3 is 0 Å². The fourth-order valence-corrected chi connectivity index (χ4v) is 2.18. The normalized spacial score (nSPS) is 15.5. The van der Waals surface area contributed by atoms with Crippen LogP contribution in [0.4, 0.5) is 0 Å². The second kappa shape index (κ2) is 5.76. The molecule has 1 aliphatic heterocycles. The van der Waals surface area contributed by atoms with Gasteiger partial charge in [-0.3, -0.25) is 14.6 Å². The summed E-state index contributed by atoms with van der Waals surface area (Å²) in [5.74, 6) is -0.253. The maximum Gasteiger partial charge on any atom is 0.230 e. The van der Waals surface area contributed by atoms with E-state index >= 15 is 0 Å². The van der Waals surface area contributed by atoms with Gasteiger partial charge in [-0.1, -0.05) is 6.07 Å². The van der Waals surface area contributed by atoms with Crippen molar-refractivity contribution >= 4 is 11.7 Å². The van der Waals surface area contributed by atoms with Crippen molar-refractivity contribution in [1.82, 2.24) is 9.88 Å². The summed E-state index contributed by atoms with van der Waals surface area (Å²) < 4.78 is 0. The largest absolute Gasteiger partial charge is 0.342 e. The Morgan fingerprint density at radius 2 is 1.94 bits per heavy atom. The molecule has 1 aliphatic rings. The van der Waals surface area contributed by atoms with Crippen LogP contribution in [-0.4, -0.2) is 34.7 Å². The average Bonchev–Trinajstić information content (AvgIpc) is 2.39. The van der Waals surface area contributed by atoms with Gasteiger partial charge < -0.3 is 4.90 Å². The van der Waals surface area contributed by atoms with Gasteiger partial charge in [-0.15, -0.1) is 0 Å². The smallest absolute Gasteiger partial charge is 0.230 e. The number of hydrogen-bond donors (Lipinski definition) is 0. The molecule has 4 heteroatoms. The summed E-state index contributed by atoms with van der Waals surface area (Å²) in [5.41, 5.74) is 1.19. The first-order chi connectivity index (χ1) is 8.66. The highest BCUT2D eigenvalue weighted by Gasteiger charge is 2.20. The van der Waals surface area contributed by atoms with E-state index < -0.39 is 0 Å². The van der Waals surface area contributed by atoms with Crippen LogP contribution in [0, 0.1) is 6.92 Å². The van der Waals surface area contributed by atoms with Crippen LogP contribution in [0.3, 0.4) is 0 Å². The first-order valence-electron chi connectivity index (χ1n) is 6.41. The van der Waals surface area contributed by atoms with E-state index in [1.807, 2.05) is 13.0 Å². The molecule has 1 saturated heterocycles. The zero-order valence-electron chi connectivity index (χ0n) is 10.7. The van der Waals surface area contributed by atoms with Crippen molar-refractivity contribution in [1.29, 1.82) is 0 Å². The minimum atomic E-state index is -0.186. The summed E-state index contributed by atoms with van der Waals surface area (Å²) in [6.45, 7) is 3.41. The number of carbonyl (C=O) groups excluding carboxylic acids is 2. The van der Waals surface area contributed by atoms with Gasteiger partial charge in [0.05, 0.1) is 6.42 Å². The number of aryl methyl sites for hydroxylation is 1. The number of carbonyl (C=O) groups is 2. The lowest BCUT2D eigenvalue weighted by molar-refractivity contribution is -0.131. The van der Waals surface area contributed by atoms with Gasteiger partial charge in [0.15, 0.2) is 5.78 Å². The first kappa shape index (κ1) is 12.7. The summed E-state index contributed by atoms with van der Waals surface area (Å²) >= 11 is 0. The van der Waals surface area contributed by atoms with Crippen LogP contribution in [0.1, 0.15) is 41.9 Å². The number of rotatable bonds is 3. The standard InChI is InChI=1S/C14H18N2O2/c1-11-6-5-7-12(15-11)13(17)10-14(18)16-8-3-2-4-9-16/h5-7H,2-4,8-10H2,1H3. The van der Waals surface area contributed by atoms with E-state index in [-0.39, 0.29) is 18.1 Å². The second-order valence-corrected chi connectivity index (χ2v) is 4.71. The molecular formula is C14H18N2O2. The van der Waals surface area contributed by atoms with Crippen molar-refractivity contribution < 1.29 is 9.59 Å².